The molecule has 3 rings (SSSR count). The van der Waals surface area contributed by atoms with E-state index in [9.17, 15) is 5.11 Å². The monoisotopic (exact) mass is 403 g/mol. The Morgan fingerprint density at radius 3 is 2.83 bits per heavy atom. The summed E-state index contributed by atoms with van der Waals surface area (Å²) >= 11 is 5.00. The molecular weight excluding hydrogens is 386 g/mol. The smallest absolute Gasteiger partial charge is 0.175 e. The molecule has 0 amide bonds. The van der Waals surface area contributed by atoms with Crippen LogP contribution in [0.4, 0.5) is 0 Å². The summed E-state index contributed by atoms with van der Waals surface area (Å²) in [5.41, 5.74) is 0.822. The SMILES string of the molecule is C=CCN1C(=NCc2cccnc2)SCC1(O)c1ccc(Br)cc1. The van der Waals surface area contributed by atoms with Crippen molar-refractivity contribution in [3.05, 3.63) is 77.0 Å². The number of hydrogen-bond donors (Lipinski definition) is 1. The summed E-state index contributed by atoms with van der Waals surface area (Å²) in [5.74, 6) is 0.536. The Morgan fingerprint density at radius 2 is 2.17 bits per heavy atom. The molecule has 1 fully saturated rings. The Bertz CT molecular complexity index is 736. The second-order valence-corrected chi connectivity index (χ2v) is 7.33. The lowest BCUT2D eigenvalue weighted by Crippen LogP contribution is -2.45. The largest absolute Gasteiger partial charge is 0.366 e. The first-order valence-corrected chi connectivity index (χ1v) is 9.34. The molecule has 2 aromatic rings. The van der Waals surface area contributed by atoms with Crippen molar-refractivity contribution < 1.29 is 5.11 Å². The number of aromatic nitrogens is 1. The lowest BCUT2D eigenvalue weighted by Gasteiger charge is -2.33. The van der Waals surface area contributed by atoms with Gasteiger partial charge in [-0.05, 0) is 23.8 Å². The molecule has 1 aliphatic rings. The van der Waals surface area contributed by atoms with Gasteiger partial charge in [0.15, 0.2) is 10.9 Å². The Balaban J connectivity index is 1.87. The highest BCUT2D eigenvalue weighted by Crippen LogP contribution is 2.39. The first-order chi connectivity index (χ1) is 11.6. The van der Waals surface area contributed by atoms with E-state index in [1.807, 2.05) is 47.5 Å². The number of aliphatic imine (C=N–C) groups is 1. The molecule has 1 saturated heterocycles. The fourth-order valence-corrected chi connectivity index (χ4v) is 4.03. The molecule has 1 aromatic heterocycles. The van der Waals surface area contributed by atoms with Gasteiger partial charge >= 0.3 is 0 Å². The van der Waals surface area contributed by atoms with Crippen molar-refractivity contribution >= 4 is 32.9 Å². The van der Waals surface area contributed by atoms with Gasteiger partial charge < -0.3 is 10.0 Å². The first kappa shape index (κ1) is 17.2. The lowest BCUT2D eigenvalue weighted by atomic mass is 10.0. The summed E-state index contributed by atoms with van der Waals surface area (Å²) in [6.45, 7) is 4.89. The van der Waals surface area contributed by atoms with Crippen molar-refractivity contribution in [2.75, 3.05) is 12.3 Å². The van der Waals surface area contributed by atoms with Gasteiger partial charge in [0.2, 0.25) is 0 Å². The third-order valence-electron chi connectivity index (χ3n) is 3.82. The van der Waals surface area contributed by atoms with Crippen LogP contribution in [0.1, 0.15) is 11.1 Å². The molecule has 1 N–H and O–H groups in total. The number of halogens is 1. The second kappa shape index (κ2) is 7.51. The van der Waals surface area contributed by atoms with Crippen molar-refractivity contribution in [2.45, 2.75) is 12.3 Å². The summed E-state index contributed by atoms with van der Waals surface area (Å²) in [7, 11) is 0. The van der Waals surface area contributed by atoms with Crippen molar-refractivity contribution in [2.24, 2.45) is 4.99 Å². The van der Waals surface area contributed by atoms with E-state index in [2.05, 4.69) is 32.5 Å². The summed E-state index contributed by atoms with van der Waals surface area (Å²) < 4.78 is 0.987. The Morgan fingerprint density at radius 1 is 1.38 bits per heavy atom. The number of amidine groups is 1. The van der Waals surface area contributed by atoms with Crippen LogP contribution in [0.5, 0.6) is 0 Å². The van der Waals surface area contributed by atoms with Crippen molar-refractivity contribution in [3.8, 4) is 0 Å². The topological polar surface area (TPSA) is 48.7 Å². The van der Waals surface area contributed by atoms with E-state index in [1.165, 1.54) is 0 Å². The van der Waals surface area contributed by atoms with Gasteiger partial charge in [0.05, 0.1) is 12.3 Å². The molecular formula is C18H18BrN3OS. The fraction of sp³-hybridized carbons (Fsp3) is 0.222. The lowest BCUT2D eigenvalue weighted by molar-refractivity contribution is -0.0423. The van der Waals surface area contributed by atoms with E-state index in [4.69, 9.17) is 0 Å². The minimum Gasteiger partial charge on any atom is -0.366 e. The number of rotatable bonds is 5. The number of thioether (sulfide) groups is 1. The van der Waals surface area contributed by atoms with Gasteiger partial charge in [-0.2, -0.15) is 0 Å². The maximum Gasteiger partial charge on any atom is 0.175 e. The van der Waals surface area contributed by atoms with Crippen molar-refractivity contribution in [3.63, 3.8) is 0 Å². The zero-order valence-electron chi connectivity index (χ0n) is 13.1. The molecule has 6 heteroatoms. The van der Waals surface area contributed by atoms with Gasteiger partial charge in [0.25, 0.3) is 0 Å². The number of hydrogen-bond acceptors (Lipinski definition) is 4. The highest BCUT2D eigenvalue weighted by atomic mass is 79.9. The Kier molecular flexibility index (Phi) is 5.38. The number of nitrogens with zero attached hydrogens (tertiary/aromatic N) is 3. The standard InChI is InChI=1S/C18H18BrN3OS/c1-2-10-22-17(21-12-14-4-3-9-20-11-14)24-13-18(22,23)15-5-7-16(19)8-6-15/h2-9,11,23H,1,10,12-13H2. The molecule has 1 aliphatic heterocycles. The minimum atomic E-state index is -1.08. The van der Waals surface area contributed by atoms with Crippen LogP contribution < -0.4 is 0 Å². The predicted octanol–water partition coefficient (Wildman–Crippen LogP) is 3.78. The second-order valence-electron chi connectivity index (χ2n) is 5.47. The first-order valence-electron chi connectivity index (χ1n) is 7.56. The minimum absolute atomic E-state index is 0.533. The third-order valence-corrected chi connectivity index (χ3v) is 5.50. The van der Waals surface area contributed by atoms with Crippen LogP contribution in [0.15, 0.2) is 70.9 Å². The zero-order chi connectivity index (χ0) is 17.0. The molecule has 124 valence electrons. The van der Waals surface area contributed by atoms with Gasteiger partial charge in [-0.1, -0.05) is 52.0 Å². The van der Waals surface area contributed by atoms with Crippen LogP contribution in [0, 0.1) is 0 Å². The highest BCUT2D eigenvalue weighted by Gasteiger charge is 2.44. The van der Waals surface area contributed by atoms with E-state index in [0.29, 0.717) is 18.8 Å². The van der Waals surface area contributed by atoms with E-state index in [-0.39, 0.29) is 0 Å². The van der Waals surface area contributed by atoms with Crippen LogP contribution >= 0.6 is 27.7 Å². The van der Waals surface area contributed by atoms with Gasteiger partial charge in [0.1, 0.15) is 0 Å². The molecule has 0 aliphatic carbocycles. The Labute approximate surface area is 154 Å². The van der Waals surface area contributed by atoms with Gasteiger partial charge in [0, 0.05) is 29.0 Å². The van der Waals surface area contributed by atoms with Gasteiger partial charge in [-0.3, -0.25) is 9.98 Å². The molecule has 0 saturated carbocycles. The molecule has 24 heavy (non-hydrogen) atoms. The van der Waals surface area contributed by atoms with Crippen LogP contribution in [-0.2, 0) is 12.3 Å². The van der Waals surface area contributed by atoms with E-state index in [0.717, 1.165) is 20.8 Å². The summed E-state index contributed by atoms with van der Waals surface area (Å²) in [5, 5.41) is 12.1. The maximum absolute atomic E-state index is 11.3. The molecule has 0 spiro atoms. The Hall–Kier alpha value is -1.63. The molecule has 4 nitrogen and oxygen atoms in total. The normalized spacial score (nSPS) is 22.1. The fourth-order valence-electron chi connectivity index (χ4n) is 2.58. The zero-order valence-corrected chi connectivity index (χ0v) is 15.5. The van der Waals surface area contributed by atoms with Crippen LogP contribution in [0.2, 0.25) is 0 Å². The average molecular weight is 404 g/mol. The van der Waals surface area contributed by atoms with Crippen LogP contribution in [-0.4, -0.2) is 32.5 Å². The average Bonchev–Trinajstić information content (AvgIpc) is 2.92. The van der Waals surface area contributed by atoms with Crippen LogP contribution in [0.25, 0.3) is 0 Å². The molecule has 0 radical (unpaired) electrons. The summed E-state index contributed by atoms with van der Waals surface area (Å²) in [6.07, 6.45) is 5.34. The molecule has 1 atom stereocenters. The van der Waals surface area contributed by atoms with E-state index in [1.54, 1.807) is 24.0 Å². The van der Waals surface area contributed by atoms with E-state index >= 15 is 0 Å². The molecule has 0 bridgehead atoms. The van der Waals surface area contributed by atoms with Gasteiger partial charge in [-0.25, -0.2) is 0 Å². The third kappa shape index (κ3) is 3.55. The number of pyridine rings is 1. The highest BCUT2D eigenvalue weighted by molar-refractivity contribution is 9.10. The maximum atomic E-state index is 11.3. The quantitative estimate of drug-likeness (QED) is 0.771. The molecule has 2 heterocycles. The van der Waals surface area contributed by atoms with Crippen molar-refractivity contribution in [1.82, 2.24) is 9.88 Å². The van der Waals surface area contributed by atoms with E-state index < -0.39 is 5.72 Å². The molecule has 1 unspecified atom stereocenters. The molecule has 1 aromatic carbocycles. The predicted molar refractivity (Wildman–Crippen MR) is 103 cm³/mol. The van der Waals surface area contributed by atoms with Gasteiger partial charge in [-0.15, -0.1) is 6.58 Å². The van der Waals surface area contributed by atoms with Crippen LogP contribution in [0.3, 0.4) is 0 Å². The number of benzene rings is 1. The summed E-state index contributed by atoms with van der Waals surface area (Å²) in [4.78, 5) is 10.7. The number of aliphatic hydroxyl groups is 1. The van der Waals surface area contributed by atoms with Crippen molar-refractivity contribution in [1.29, 1.82) is 0 Å². The summed E-state index contributed by atoms with van der Waals surface area (Å²) in [6, 6.07) is 11.6.